The van der Waals surface area contributed by atoms with Gasteiger partial charge in [-0.25, -0.2) is 9.97 Å². The van der Waals surface area contributed by atoms with Gasteiger partial charge in [0.1, 0.15) is 23.6 Å². The van der Waals surface area contributed by atoms with E-state index in [1.54, 1.807) is 16.8 Å². The van der Waals surface area contributed by atoms with Gasteiger partial charge < -0.3 is 25.3 Å². The highest BCUT2D eigenvalue weighted by Gasteiger charge is 2.35. The minimum absolute atomic E-state index is 0.0406. The molecule has 1 aliphatic rings. The SMILES string of the molecule is N#Cc1nc(N)c2ccn(C3O[C@H](CO)C[C@H]3O)c2n1. The molecule has 0 spiro atoms. The van der Waals surface area contributed by atoms with Gasteiger partial charge in [0.25, 0.3) is 0 Å². The first-order valence-corrected chi connectivity index (χ1v) is 6.12. The van der Waals surface area contributed by atoms with Crippen molar-refractivity contribution in [2.75, 3.05) is 12.3 Å². The Labute approximate surface area is 114 Å². The molecule has 2 aromatic rings. The van der Waals surface area contributed by atoms with E-state index >= 15 is 0 Å². The summed E-state index contributed by atoms with van der Waals surface area (Å²) in [5.41, 5.74) is 6.20. The van der Waals surface area contributed by atoms with Crippen molar-refractivity contribution in [3.8, 4) is 6.07 Å². The van der Waals surface area contributed by atoms with Crippen LogP contribution in [0.15, 0.2) is 12.3 Å². The first kappa shape index (κ1) is 12.8. The minimum atomic E-state index is -0.760. The summed E-state index contributed by atoms with van der Waals surface area (Å²) >= 11 is 0. The van der Waals surface area contributed by atoms with Gasteiger partial charge in [-0.1, -0.05) is 0 Å². The summed E-state index contributed by atoms with van der Waals surface area (Å²) in [5, 5.41) is 28.6. The van der Waals surface area contributed by atoms with E-state index < -0.39 is 18.4 Å². The zero-order valence-corrected chi connectivity index (χ0v) is 10.5. The highest BCUT2D eigenvalue weighted by atomic mass is 16.5. The molecular weight excluding hydrogens is 262 g/mol. The first-order chi connectivity index (χ1) is 9.63. The van der Waals surface area contributed by atoms with E-state index in [4.69, 9.17) is 20.8 Å². The number of anilines is 1. The Morgan fingerprint density at radius 3 is 3.00 bits per heavy atom. The van der Waals surface area contributed by atoms with E-state index in [9.17, 15) is 5.11 Å². The number of ether oxygens (including phenoxy) is 1. The summed E-state index contributed by atoms with van der Waals surface area (Å²) < 4.78 is 7.17. The molecule has 0 bridgehead atoms. The summed E-state index contributed by atoms with van der Waals surface area (Å²) in [4.78, 5) is 7.96. The number of nitrogens with two attached hydrogens (primary N) is 1. The lowest BCUT2D eigenvalue weighted by Crippen LogP contribution is -2.19. The molecule has 1 unspecified atom stereocenters. The van der Waals surface area contributed by atoms with Crippen LogP contribution in [0.5, 0.6) is 0 Å². The van der Waals surface area contributed by atoms with Crippen molar-refractivity contribution in [1.29, 1.82) is 5.26 Å². The number of aliphatic hydroxyl groups is 2. The van der Waals surface area contributed by atoms with Gasteiger partial charge in [0.05, 0.1) is 18.1 Å². The number of aromatic nitrogens is 3. The lowest BCUT2D eigenvalue weighted by atomic mass is 10.2. The molecule has 2 aromatic heterocycles. The molecule has 0 aromatic carbocycles. The quantitative estimate of drug-likeness (QED) is 0.675. The average molecular weight is 275 g/mol. The van der Waals surface area contributed by atoms with Gasteiger partial charge in [-0.3, -0.25) is 0 Å². The Morgan fingerprint density at radius 1 is 1.55 bits per heavy atom. The van der Waals surface area contributed by atoms with Crippen LogP contribution < -0.4 is 5.73 Å². The minimum Gasteiger partial charge on any atom is -0.394 e. The maximum atomic E-state index is 10.0. The second kappa shape index (κ2) is 4.72. The predicted molar refractivity (Wildman–Crippen MR) is 68.3 cm³/mol. The molecule has 8 heteroatoms. The third kappa shape index (κ3) is 1.89. The number of rotatable bonds is 2. The van der Waals surface area contributed by atoms with Gasteiger partial charge in [-0.05, 0) is 6.07 Å². The first-order valence-electron chi connectivity index (χ1n) is 6.12. The van der Waals surface area contributed by atoms with Crippen molar-refractivity contribution in [3.05, 3.63) is 18.1 Å². The Morgan fingerprint density at radius 2 is 2.35 bits per heavy atom. The van der Waals surface area contributed by atoms with Crippen molar-refractivity contribution < 1.29 is 14.9 Å². The largest absolute Gasteiger partial charge is 0.394 e. The van der Waals surface area contributed by atoms with Crippen LogP contribution in [-0.4, -0.2) is 43.6 Å². The number of fused-ring (bicyclic) bond motifs is 1. The molecule has 0 radical (unpaired) electrons. The molecule has 0 saturated carbocycles. The predicted octanol–water partition coefficient (Wildman–Crippen LogP) is -0.474. The average Bonchev–Trinajstić information content (AvgIpc) is 3.01. The van der Waals surface area contributed by atoms with E-state index in [1.165, 1.54) is 0 Å². The van der Waals surface area contributed by atoms with Crippen molar-refractivity contribution in [1.82, 2.24) is 14.5 Å². The molecule has 3 rings (SSSR count). The summed E-state index contributed by atoms with van der Waals surface area (Å²) in [7, 11) is 0. The van der Waals surface area contributed by atoms with Crippen LogP contribution in [0.25, 0.3) is 11.0 Å². The molecule has 1 fully saturated rings. The van der Waals surface area contributed by atoms with Crippen molar-refractivity contribution in [2.45, 2.75) is 24.9 Å². The Bertz CT molecular complexity index is 692. The highest BCUT2D eigenvalue weighted by molar-refractivity contribution is 5.86. The van der Waals surface area contributed by atoms with Gasteiger partial charge >= 0.3 is 0 Å². The molecule has 4 N–H and O–H groups in total. The molecule has 8 nitrogen and oxygen atoms in total. The molecule has 1 aliphatic heterocycles. The maximum Gasteiger partial charge on any atom is 0.236 e. The molecule has 1 saturated heterocycles. The Hall–Kier alpha value is -2.21. The van der Waals surface area contributed by atoms with Crippen molar-refractivity contribution in [3.63, 3.8) is 0 Å². The Balaban J connectivity index is 2.09. The highest BCUT2D eigenvalue weighted by Crippen LogP contribution is 2.32. The topological polar surface area (TPSA) is 130 Å². The number of nitrogen functional groups attached to an aromatic ring is 1. The van der Waals surface area contributed by atoms with Gasteiger partial charge in [0, 0.05) is 12.6 Å². The molecule has 20 heavy (non-hydrogen) atoms. The summed E-state index contributed by atoms with van der Waals surface area (Å²) in [6.07, 6.45) is 0.175. The number of nitrogens with zero attached hydrogens (tertiary/aromatic N) is 4. The van der Waals surface area contributed by atoms with Crippen LogP contribution in [-0.2, 0) is 4.74 Å². The second-order valence-electron chi connectivity index (χ2n) is 4.64. The molecule has 3 heterocycles. The van der Waals surface area contributed by atoms with E-state index in [0.29, 0.717) is 17.5 Å². The molecule has 0 amide bonds. The van der Waals surface area contributed by atoms with Gasteiger partial charge in [-0.2, -0.15) is 5.26 Å². The third-order valence-electron chi connectivity index (χ3n) is 3.34. The lowest BCUT2D eigenvalue weighted by Gasteiger charge is -2.17. The summed E-state index contributed by atoms with van der Waals surface area (Å²) in [5.74, 6) is 0.164. The normalized spacial score (nSPS) is 25.9. The fourth-order valence-corrected chi connectivity index (χ4v) is 2.41. The zero-order chi connectivity index (χ0) is 14.3. The van der Waals surface area contributed by atoms with Crippen molar-refractivity contribution >= 4 is 16.9 Å². The van der Waals surface area contributed by atoms with Gasteiger partial charge in [-0.15, -0.1) is 0 Å². The van der Waals surface area contributed by atoms with Gasteiger partial charge in [0.2, 0.25) is 5.82 Å². The van der Waals surface area contributed by atoms with E-state index in [2.05, 4.69) is 9.97 Å². The van der Waals surface area contributed by atoms with E-state index in [0.717, 1.165) is 0 Å². The third-order valence-corrected chi connectivity index (χ3v) is 3.34. The maximum absolute atomic E-state index is 10.0. The second-order valence-corrected chi connectivity index (χ2v) is 4.64. The number of hydrogen-bond donors (Lipinski definition) is 3. The van der Waals surface area contributed by atoms with E-state index in [-0.39, 0.29) is 18.2 Å². The van der Waals surface area contributed by atoms with E-state index in [1.807, 2.05) is 6.07 Å². The molecule has 3 atom stereocenters. The number of nitriles is 1. The summed E-state index contributed by atoms with van der Waals surface area (Å²) in [6, 6.07) is 3.54. The van der Waals surface area contributed by atoms with Gasteiger partial charge in [0.15, 0.2) is 6.23 Å². The van der Waals surface area contributed by atoms with Crippen LogP contribution in [0.4, 0.5) is 5.82 Å². The van der Waals surface area contributed by atoms with Crippen LogP contribution in [0.1, 0.15) is 18.5 Å². The van der Waals surface area contributed by atoms with Crippen LogP contribution in [0, 0.1) is 11.3 Å². The zero-order valence-electron chi connectivity index (χ0n) is 10.5. The van der Waals surface area contributed by atoms with Crippen LogP contribution in [0.3, 0.4) is 0 Å². The molecule has 0 aliphatic carbocycles. The Kier molecular flexibility index (Phi) is 3.02. The molecular formula is C12H13N5O3. The van der Waals surface area contributed by atoms with Crippen molar-refractivity contribution in [2.24, 2.45) is 0 Å². The monoisotopic (exact) mass is 275 g/mol. The standard InChI is InChI=1S/C12H13N5O3/c13-4-9-15-10(14)7-1-2-17(11(7)16-9)12-8(19)3-6(5-18)20-12/h1-2,6,8,12,18-19H,3,5H2,(H2,14,15,16)/t6-,8+,12?/m0/s1. The smallest absolute Gasteiger partial charge is 0.236 e. The summed E-state index contributed by atoms with van der Waals surface area (Å²) in [6.45, 7) is -0.159. The van der Waals surface area contributed by atoms with Crippen LogP contribution >= 0.6 is 0 Å². The number of aliphatic hydroxyl groups excluding tert-OH is 2. The number of hydrogen-bond acceptors (Lipinski definition) is 7. The lowest BCUT2D eigenvalue weighted by molar-refractivity contribution is -0.0484. The fourth-order valence-electron chi connectivity index (χ4n) is 2.41. The van der Waals surface area contributed by atoms with Crippen LogP contribution in [0.2, 0.25) is 0 Å². The fraction of sp³-hybridized carbons (Fsp3) is 0.417. The molecule has 104 valence electrons.